The highest BCUT2D eigenvalue weighted by Crippen LogP contribution is 2.14. The van der Waals surface area contributed by atoms with Gasteiger partial charge in [-0.1, -0.05) is 0 Å². The molecule has 0 aliphatic heterocycles. The van der Waals surface area contributed by atoms with Crippen LogP contribution < -0.4 is 11.1 Å². The van der Waals surface area contributed by atoms with Gasteiger partial charge < -0.3 is 16.2 Å². The van der Waals surface area contributed by atoms with Crippen molar-refractivity contribution in [3.05, 3.63) is 24.0 Å². The standard InChI is InChI=1S/C12H17N3O3/c1-12(2,6-5-9(16)17)15-11(18)10-8(13)4-3-7-14-10/h3-4,7H,5-6,13H2,1-2H3,(H,15,18)(H,16,17). The second-order valence-corrected chi connectivity index (χ2v) is 4.67. The molecule has 0 saturated carbocycles. The SMILES string of the molecule is CC(C)(CCC(=O)O)NC(=O)c1ncccc1N. The number of pyridine rings is 1. The van der Waals surface area contributed by atoms with Crippen molar-refractivity contribution in [2.45, 2.75) is 32.2 Å². The van der Waals surface area contributed by atoms with Crippen molar-refractivity contribution in [3.63, 3.8) is 0 Å². The Morgan fingerprint density at radius 1 is 1.50 bits per heavy atom. The van der Waals surface area contributed by atoms with E-state index >= 15 is 0 Å². The number of carboxylic acids is 1. The van der Waals surface area contributed by atoms with Crippen LogP contribution in [0.25, 0.3) is 0 Å². The Bertz CT molecular complexity index is 458. The van der Waals surface area contributed by atoms with E-state index in [1.54, 1.807) is 26.0 Å². The molecule has 0 fully saturated rings. The van der Waals surface area contributed by atoms with Crippen LogP contribution in [0.15, 0.2) is 18.3 Å². The molecule has 0 spiro atoms. The van der Waals surface area contributed by atoms with Crippen molar-refractivity contribution in [2.24, 2.45) is 0 Å². The van der Waals surface area contributed by atoms with Crippen molar-refractivity contribution in [1.82, 2.24) is 10.3 Å². The quantitative estimate of drug-likeness (QED) is 0.725. The van der Waals surface area contributed by atoms with Crippen LogP contribution in [-0.2, 0) is 4.79 Å². The van der Waals surface area contributed by atoms with Crippen LogP contribution in [-0.4, -0.2) is 27.5 Å². The molecule has 4 N–H and O–H groups in total. The number of carboxylic acid groups (broad SMARTS) is 1. The van der Waals surface area contributed by atoms with Gasteiger partial charge in [0.2, 0.25) is 0 Å². The third-order valence-electron chi connectivity index (χ3n) is 2.47. The van der Waals surface area contributed by atoms with Gasteiger partial charge in [-0.25, -0.2) is 4.98 Å². The molecule has 18 heavy (non-hydrogen) atoms. The van der Waals surface area contributed by atoms with Gasteiger partial charge in [-0.05, 0) is 32.4 Å². The molecule has 0 radical (unpaired) electrons. The number of hydrogen-bond donors (Lipinski definition) is 3. The second kappa shape index (κ2) is 5.48. The Morgan fingerprint density at radius 2 is 2.17 bits per heavy atom. The molecule has 0 aromatic carbocycles. The summed E-state index contributed by atoms with van der Waals surface area (Å²) in [5.74, 6) is -1.29. The first-order valence-electron chi connectivity index (χ1n) is 5.56. The normalized spacial score (nSPS) is 11.0. The van der Waals surface area contributed by atoms with Crippen LogP contribution in [0.1, 0.15) is 37.2 Å². The minimum Gasteiger partial charge on any atom is -0.481 e. The summed E-state index contributed by atoms with van der Waals surface area (Å²) in [7, 11) is 0. The van der Waals surface area contributed by atoms with E-state index in [-0.39, 0.29) is 12.1 Å². The van der Waals surface area contributed by atoms with Crippen LogP contribution in [0.2, 0.25) is 0 Å². The average Bonchev–Trinajstić information content (AvgIpc) is 2.26. The number of nitrogens with zero attached hydrogens (tertiary/aromatic N) is 1. The number of rotatable bonds is 5. The number of nitrogens with two attached hydrogens (primary N) is 1. The minimum atomic E-state index is -0.894. The van der Waals surface area contributed by atoms with Gasteiger partial charge in [0.1, 0.15) is 0 Å². The van der Waals surface area contributed by atoms with Gasteiger partial charge >= 0.3 is 5.97 Å². The van der Waals surface area contributed by atoms with Crippen molar-refractivity contribution in [3.8, 4) is 0 Å². The fourth-order valence-electron chi connectivity index (χ4n) is 1.46. The van der Waals surface area contributed by atoms with Gasteiger partial charge in [0.25, 0.3) is 5.91 Å². The lowest BCUT2D eigenvalue weighted by Crippen LogP contribution is -2.44. The molecule has 0 aliphatic rings. The number of aliphatic carboxylic acids is 1. The Labute approximate surface area is 105 Å². The summed E-state index contributed by atoms with van der Waals surface area (Å²) in [5, 5.41) is 11.4. The third kappa shape index (κ3) is 4.04. The summed E-state index contributed by atoms with van der Waals surface area (Å²) in [6.07, 6.45) is 1.81. The Kier molecular flexibility index (Phi) is 4.25. The van der Waals surface area contributed by atoms with E-state index in [2.05, 4.69) is 10.3 Å². The number of anilines is 1. The molecule has 1 amide bonds. The van der Waals surface area contributed by atoms with Gasteiger partial charge in [-0.15, -0.1) is 0 Å². The molecule has 6 heteroatoms. The number of carbonyl (C=O) groups is 2. The predicted molar refractivity (Wildman–Crippen MR) is 67.1 cm³/mol. The number of nitrogen functional groups attached to an aromatic ring is 1. The number of nitrogens with one attached hydrogen (secondary N) is 1. The number of aromatic nitrogens is 1. The van der Waals surface area contributed by atoms with Crippen LogP contribution >= 0.6 is 0 Å². The lowest BCUT2D eigenvalue weighted by molar-refractivity contribution is -0.137. The van der Waals surface area contributed by atoms with Crippen molar-refractivity contribution >= 4 is 17.6 Å². The zero-order valence-corrected chi connectivity index (χ0v) is 10.4. The van der Waals surface area contributed by atoms with E-state index in [1.807, 2.05) is 0 Å². The van der Waals surface area contributed by atoms with Crippen LogP contribution in [0.4, 0.5) is 5.69 Å². The maximum atomic E-state index is 11.9. The molecular weight excluding hydrogens is 234 g/mol. The molecule has 1 aromatic rings. The first-order chi connectivity index (χ1) is 8.32. The van der Waals surface area contributed by atoms with Gasteiger partial charge in [-0.3, -0.25) is 9.59 Å². The smallest absolute Gasteiger partial charge is 0.303 e. The highest BCUT2D eigenvalue weighted by Gasteiger charge is 2.23. The van der Waals surface area contributed by atoms with E-state index in [9.17, 15) is 9.59 Å². The highest BCUT2D eigenvalue weighted by atomic mass is 16.4. The lowest BCUT2D eigenvalue weighted by Gasteiger charge is -2.25. The van der Waals surface area contributed by atoms with E-state index in [0.717, 1.165) is 0 Å². The van der Waals surface area contributed by atoms with Gasteiger partial charge in [-0.2, -0.15) is 0 Å². The Morgan fingerprint density at radius 3 is 2.72 bits per heavy atom. The molecule has 0 unspecified atom stereocenters. The summed E-state index contributed by atoms with van der Waals surface area (Å²) in [6.45, 7) is 3.51. The molecule has 1 aromatic heterocycles. The highest BCUT2D eigenvalue weighted by molar-refractivity contribution is 5.97. The van der Waals surface area contributed by atoms with Gasteiger partial charge in [0, 0.05) is 18.2 Å². The zero-order chi connectivity index (χ0) is 13.8. The summed E-state index contributed by atoms with van der Waals surface area (Å²) in [5.41, 5.74) is 5.47. The molecule has 0 aliphatic carbocycles. The first kappa shape index (κ1) is 14.0. The van der Waals surface area contributed by atoms with Crippen LogP contribution in [0.3, 0.4) is 0 Å². The molecule has 0 atom stereocenters. The van der Waals surface area contributed by atoms with Crippen molar-refractivity contribution in [1.29, 1.82) is 0 Å². The van der Waals surface area contributed by atoms with Crippen LogP contribution in [0, 0.1) is 0 Å². The third-order valence-corrected chi connectivity index (χ3v) is 2.47. The van der Waals surface area contributed by atoms with Gasteiger partial charge in [0.15, 0.2) is 5.69 Å². The van der Waals surface area contributed by atoms with Crippen molar-refractivity contribution in [2.75, 3.05) is 5.73 Å². The molecule has 1 rings (SSSR count). The zero-order valence-electron chi connectivity index (χ0n) is 10.4. The number of hydrogen-bond acceptors (Lipinski definition) is 4. The first-order valence-corrected chi connectivity index (χ1v) is 5.56. The maximum Gasteiger partial charge on any atom is 0.303 e. The molecule has 0 saturated heterocycles. The Hall–Kier alpha value is -2.11. The molecule has 6 nitrogen and oxygen atoms in total. The van der Waals surface area contributed by atoms with Crippen molar-refractivity contribution < 1.29 is 14.7 Å². The molecule has 98 valence electrons. The van der Waals surface area contributed by atoms with Crippen LogP contribution in [0.5, 0.6) is 0 Å². The lowest BCUT2D eigenvalue weighted by atomic mass is 9.98. The van der Waals surface area contributed by atoms with E-state index in [4.69, 9.17) is 10.8 Å². The fraction of sp³-hybridized carbons (Fsp3) is 0.417. The molecule has 0 bridgehead atoms. The number of amides is 1. The summed E-state index contributed by atoms with van der Waals surface area (Å²) in [6, 6.07) is 3.23. The Balaban J connectivity index is 2.69. The number of carbonyl (C=O) groups excluding carboxylic acids is 1. The molecule has 1 heterocycles. The predicted octanol–water partition coefficient (Wildman–Crippen LogP) is 1.04. The fourth-order valence-corrected chi connectivity index (χ4v) is 1.46. The van der Waals surface area contributed by atoms with E-state index in [0.29, 0.717) is 12.1 Å². The minimum absolute atomic E-state index is 0.00895. The van der Waals surface area contributed by atoms with E-state index in [1.165, 1.54) is 6.20 Å². The van der Waals surface area contributed by atoms with Gasteiger partial charge in [0.05, 0.1) is 5.69 Å². The molecular formula is C12H17N3O3. The maximum absolute atomic E-state index is 11.9. The van der Waals surface area contributed by atoms with E-state index < -0.39 is 17.4 Å². The summed E-state index contributed by atoms with van der Waals surface area (Å²) >= 11 is 0. The monoisotopic (exact) mass is 251 g/mol. The second-order valence-electron chi connectivity index (χ2n) is 4.67. The summed E-state index contributed by atoms with van der Waals surface area (Å²) in [4.78, 5) is 26.3. The summed E-state index contributed by atoms with van der Waals surface area (Å²) < 4.78 is 0. The average molecular weight is 251 g/mol. The largest absolute Gasteiger partial charge is 0.481 e. The topological polar surface area (TPSA) is 105 Å².